The average molecular weight is 244 g/mol. The van der Waals surface area contributed by atoms with Crippen LogP contribution in [0.5, 0.6) is 5.75 Å². The van der Waals surface area contributed by atoms with Gasteiger partial charge in [-0.3, -0.25) is 10.3 Å². The van der Waals surface area contributed by atoms with E-state index in [0.717, 1.165) is 11.3 Å². The normalized spacial score (nSPS) is 9.83. The van der Waals surface area contributed by atoms with Crippen LogP contribution in [0.15, 0.2) is 42.6 Å². The standard InChI is InChI=1S/C13H12N2O3/c1-18-12-8-9(10-4-2-3-7-14-10)5-6-11(12)15-13(16)17/h2-8,15H,1H3,(H,16,17). The van der Waals surface area contributed by atoms with Crippen molar-refractivity contribution in [2.24, 2.45) is 0 Å². The molecule has 18 heavy (non-hydrogen) atoms. The second kappa shape index (κ2) is 5.18. The van der Waals surface area contributed by atoms with E-state index in [0.29, 0.717) is 11.4 Å². The first-order valence-electron chi connectivity index (χ1n) is 5.30. The molecule has 0 unspecified atom stereocenters. The first-order valence-corrected chi connectivity index (χ1v) is 5.30. The number of carboxylic acid groups (broad SMARTS) is 1. The second-order valence-electron chi connectivity index (χ2n) is 3.56. The van der Waals surface area contributed by atoms with E-state index in [-0.39, 0.29) is 0 Å². The van der Waals surface area contributed by atoms with Crippen LogP contribution in [0, 0.1) is 0 Å². The van der Waals surface area contributed by atoms with Crippen LogP contribution in [-0.2, 0) is 0 Å². The minimum absolute atomic E-state index is 0.407. The molecule has 1 amide bonds. The van der Waals surface area contributed by atoms with Gasteiger partial charge in [0.25, 0.3) is 0 Å². The van der Waals surface area contributed by atoms with E-state index in [1.807, 2.05) is 18.2 Å². The van der Waals surface area contributed by atoms with Gasteiger partial charge in [-0.05, 0) is 24.3 Å². The Morgan fingerprint density at radius 2 is 2.17 bits per heavy atom. The van der Waals surface area contributed by atoms with E-state index >= 15 is 0 Å². The summed E-state index contributed by atoms with van der Waals surface area (Å²) in [6, 6.07) is 10.8. The highest BCUT2D eigenvalue weighted by Gasteiger charge is 2.08. The number of benzene rings is 1. The molecule has 0 radical (unpaired) electrons. The lowest BCUT2D eigenvalue weighted by atomic mass is 10.1. The molecule has 0 fully saturated rings. The maximum absolute atomic E-state index is 10.6. The molecule has 1 aromatic carbocycles. The van der Waals surface area contributed by atoms with Gasteiger partial charge in [-0.25, -0.2) is 4.79 Å². The number of anilines is 1. The molecule has 0 atom stereocenters. The Morgan fingerprint density at radius 1 is 1.33 bits per heavy atom. The van der Waals surface area contributed by atoms with Gasteiger partial charge in [0.2, 0.25) is 0 Å². The maximum atomic E-state index is 10.6. The number of rotatable bonds is 3. The third-order valence-corrected chi connectivity index (χ3v) is 2.40. The molecule has 92 valence electrons. The molecule has 1 aromatic heterocycles. The van der Waals surface area contributed by atoms with Gasteiger partial charge in [0.1, 0.15) is 5.75 Å². The highest BCUT2D eigenvalue weighted by Crippen LogP contribution is 2.29. The molecule has 1 heterocycles. The van der Waals surface area contributed by atoms with Crippen LogP contribution >= 0.6 is 0 Å². The van der Waals surface area contributed by atoms with Gasteiger partial charge in [0, 0.05) is 11.8 Å². The van der Waals surface area contributed by atoms with Crippen molar-refractivity contribution in [3.05, 3.63) is 42.6 Å². The SMILES string of the molecule is COc1cc(-c2ccccn2)ccc1NC(=O)O. The lowest BCUT2D eigenvalue weighted by molar-refractivity contribution is 0.209. The van der Waals surface area contributed by atoms with Crippen LogP contribution < -0.4 is 10.1 Å². The van der Waals surface area contributed by atoms with Crippen molar-refractivity contribution in [3.63, 3.8) is 0 Å². The molecule has 0 spiro atoms. The molecule has 0 aliphatic heterocycles. The van der Waals surface area contributed by atoms with Gasteiger partial charge >= 0.3 is 6.09 Å². The summed E-state index contributed by atoms with van der Waals surface area (Å²) in [7, 11) is 1.49. The van der Waals surface area contributed by atoms with Crippen LogP contribution in [0.1, 0.15) is 0 Å². The van der Waals surface area contributed by atoms with E-state index < -0.39 is 6.09 Å². The van der Waals surface area contributed by atoms with E-state index in [1.165, 1.54) is 7.11 Å². The molecule has 2 aromatic rings. The number of hydrogen-bond acceptors (Lipinski definition) is 3. The summed E-state index contributed by atoms with van der Waals surface area (Å²) in [5.74, 6) is 0.459. The second-order valence-corrected chi connectivity index (χ2v) is 3.56. The summed E-state index contributed by atoms with van der Waals surface area (Å²) < 4.78 is 5.15. The highest BCUT2D eigenvalue weighted by molar-refractivity contribution is 5.86. The quantitative estimate of drug-likeness (QED) is 0.870. The fourth-order valence-electron chi connectivity index (χ4n) is 1.60. The van der Waals surface area contributed by atoms with E-state index in [9.17, 15) is 4.79 Å². The molecule has 0 saturated carbocycles. The fourth-order valence-corrected chi connectivity index (χ4v) is 1.60. The third-order valence-electron chi connectivity index (χ3n) is 2.40. The Labute approximate surface area is 104 Å². The number of nitrogens with zero attached hydrogens (tertiary/aromatic N) is 1. The monoisotopic (exact) mass is 244 g/mol. The maximum Gasteiger partial charge on any atom is 0.409 e. The Hall–Kier alpha value is -2.56. The average Bonchev–Trinajstić information content (AvgIpc) is 2.39. The third kappa shape index (κ3) is 2.57. The number of aromatic nitrogens is 1. The predicted octanol–water partition coefficient (Wildman–Crippen LogP) is 2.85. The lowest BCUT2D eigenvalue weighted by Gasteiger charge is -2.09. The van der Waals surface area contributed by atoms with Crippen molar-refractivity contribution in [1.82, 2.24) is 4.98 Å². The Morgan fingerprint density at radius 3 is 2.78 bits per heavy atom. The van der Waals surface area contributed by atoms with Crippen molar-refractivity contribution in [2.45, 2.75) is 0 Å². The van der Waals surface area contributed by atoms with Gasteiger partial charge in [-0.2, -0.15) is 0 Å². The summed E-state index contributed by atoms with van der Waals surface area (Å²) in [4.78, 5) is 14.8. The zero-order chi connectivity index (χ0) is 13.0. The van der Waals surface area contributed by atoms with E-state index in [1.54, 1.807) is 24.4 Å². The highest BCUT2D eigenvalue weighted by atomic mass is 16.5. The lowest BCUT2D eigenvalue weighted by Crippen LogP contribution is -2.08. The van der Waals surface area contributed by atoms with Crippen LogP contribution in [0.3, 0.4) is 0 Å². The summed E-state index contributed by atoms with van der Waals surface area (Å²) in [6.45, 7) is 0. The fraction of sp³-hybridized carbons (Fsp3) is 0.0769. The van der Waals surface area contributed by atoms with Crippen LogP contribution in [0.2, 0.25) is 0 Å². The van der Waals surface area contributed by atoms with Crippen molar-refractivity contribution in [2.75, 3.05) is 12.4 Å². The summed E-state index contributed by atoms with van der Waals surface area (Å²) in [5, 5.41) is 11.0. The van der Waals surface area contributed by atoms with Gasteiger partial charge in [0.15, 0.2) is 0 Å². The number of hydrogen-bond donors (Lipinski definition) is 2. The largest absolute Gasteiger partial charge is 0.495 e. The molecule has 2 rings (SSSR count). The number of methoxy groups -OCH3 is 1. The number of amides is 1. The number of nitrogens with one attached hydrogen (secondary N) is 1. The summed E-state index contributed by atoms with van der Waals surface area (Å²) >= 11 is 0. The molecule has 0 bridgehead atoms. The zero-order valence-corrected chi connectivity index (χ0v) is 9.75. The van der Waals surface area contributed by atoms with Crippen molar-refractivity contribution in [1.29, 1.82) is 0 Å². The Bertz CT molecular complexity index is 555. The molecule has 0 aliphatic carbocycles. The zero-order valence-electron chi connectivity index (χ0n) is 9.75. The number of ether oxygens (including phenoxy) is 1. The molecule has 5 heteroatoms. The minimum atomic E-state index is -1.13. The molecule has 5 nitrogen and oxygen atoms in total. The van der Waals surface area contributed by atoms with Crippen LogP contribution in [0.4, 0.5) is 10.5 Å². The van der Waals surface area contributed by atoms with E-state index in [4.69, 9.17) is 9.84 Å². The molecular formula is C13H12N2O3. The van der Waals surface area contributed by atoms with Gasteiger partial charge in [0.05, 0.1) is 18.5 Å². The van der Waals surface area contributed by atoms with E-state index in [2.05, 4.69) is 10.3 Å². The molecule has 0 aliphatic rings. The van der Waals surface area contributed by atoms with Crippen LogP contribution in [-0.4, -0.2) is 23.3 Å². The van der Waals surface area contributed by atoms with Gasteiger partial charge in [-0.15, -0.1) is 0 Å². The predicted molar refractivity (Wildman–Crippen MR) is 67.9 cm³/mol. The van der Waals surface area contributed by atoms with Crippen molar-refractivity contribution < 1.29 is 14.6 Å². The summed E-state index contributed by atoms with van der Waals surface area (Å²) in [6.07, 6.45) is 0.574. The number of carbonyl (C=O) groups is 1. The Balaban J connectivity index is 2.39. The summed E-state index contributed by atoms with van der Waals surface area (Å²) in [5.41, 5.74) is 2.07. The molecule has 0 saturated heterocycles. The number of pyridine rings is 1. The van der Waals surface area contributed by atoms with Crippen LogP contribution in [0.25, 0.3) is 11.3 Å². The van der Waals surface area contributed by atoms with Gasteiger partial charge < -0.3 is 9.84 Å². The van der Waals surface area contributed by atoms with Crippen molar-refractivity contribution in [3.8, 4) is 17.0 Å². The first-order chi connectivity index (χ1) is 8.70. The first kappa shape index (κ1) is 11.9. The Kier molecular flexibility index (Phi) is 3.43. The topological polar surface area (TPSA) is 71.5 Å². The smallest absolute Gasteiger partial charge is 0.409 e. The molecule has 2 N–H and O–H groups in total. The van der Waals surface area contributed by atoms with Gasteiger partial charge in [-0.1, -0.05) is 12.1 Å². The minimum Gasteiger partial charge on any atom is -0.495 e. The molecular weight excluding hydrogens is 232 g/mol. The van der Waals surface area contributed by atoms with Crippen molar-refractivity contribution >= 4 is 11.8 Å².